The van der Waals surface area contributed by atoms with Crippen LogP contribution in [0.15, 0.2) is 42.5 Å². The molecule has 0 atom stereocenters. The summed E-state index contributed by atoms with van der Waals surface area (Å²) in [7, 11) is -2.27. The van der Waals surface area contributed by atoms with Crippen LogP contribution in [-0.4, -0.2) is 19.4 Å². The number of carboxylic acid groups (broad SMARTS) is 1. The lowest BCUT2D eigenvalue weighted by Gasteiger charge is -2.36. The summed E-state index contributed by atoms with van der Waals surface area (Å²) in [4.78, 5) is 11.7. The summed E-state index contributed by atoms with van der Waals surface area (Å²) in [5.74, 6) is -0.942. The molecule has 0 aromatic heterocycles. The van der Waals surface area contributed by atoms with Crippen LogP contribution in [0.3, 0.4) is 0 Å². The zero-order chi connectivity index (χ0) is 20.6. The van der Waals surface area contributed by atoms with E-state index in [1.54, 1.807) is 6.07 Å². The molecule has 146 valence electrons. The molecule has 0 unspecified atom stereocenters. The fourth-order valence-electron chi connectivity index (χ4n) is 2.27. The van der Waals surface area contributed by atoms with Gasteiger partial charge in [0.05, 0.1) is 5.56 Å². The Labute approximate surface area is 157 Å². The molecule has 3 nitrogen and oxygen atoms in total. The Hall–Kier alpha value is -2.28. The molecule has 0 aliphatic rings. The highest BCUT2D eigenvalue weighted by Crippen LogP contribution is 2.39. The second-order valence-corrected chi connectivity index (χ2v) is 12.7. The molecule has 0 saturated carbocycles. The minimum atomic E-state index is -4.46. The molecule has 0 radical (unpaired) electrons. The third kappa shape index (κ3) is 4.71. The van der Waals surface area contributed by atoms with Gasteiger partial charge in [-0.3, -0.25) is 0 Å². The van der Waals surface area contributed by atoms with E-state index in [2.05, 4.69) is 0 Å². The predicted molar refractivity (Wildman–Crippen MR) is 102 cm³/mol. The van der Waals surface area contributed by atoms with Crippen LogP contribution in [0, 0.1) is 0 Å². The summed E-state index contributed by atoms with van der Waals surface area (Å²) in [6.45, 7) is 10.1. The first kappa shape index (κ1) is 21.0. The van der Waals surface area contributed by atoms with Gasteiger partial charge >= 0.3 is 12.1 Å². The Kier molecular flexibility index (Phi) is 5.48. The Morgan fingerprint density at radius 3 is 2.11 bits per heavy atom. The zero-order valence-corrected chi connectivity index (χ0v) is 16.9. The minimum absolute atomic E-state index is 0.0604. The monoisotopic (exact) mass is 396 g/mol. The van der Waals surface area contributed by atoms with Gasteiger partial charge in [-0.1, -0.05) is 39.0 Å². The summed E-state index contributed by atoms with van der Waals surface area (Å²) < 4.78 is 44.9. The highest BCUT2D eigenvalue weighted by atomic mass is 28.4. The van der Waals surface area contributed by atoms with E-state index in [4.69, 9.17) is 4.43 Å². The van der Waals surface area contributed by atoms with Crippen LogP contribution in [0.5, 0.6) is 5.75 Å². The van der Waals surface area contributed by atoms with Crippen LogP contribution in [0.25, 0.3) is 11.1 Å². The maximum Gasteiger partial charge on any atom is 0.416 e. The van der Waals surface area contributed by atoms with Crippen molar-refractivity contribution in [2.75, 3.05) is 0 Å². The zero-order valence-electron chi connectivity index (χ0n) is 15.9. The Morgan fingerprint density at radius 1 is 1.00 bits per heavy atom. The first-order valence-corrected chi connectivity index (χ1v) is 11.4. The van der Waals surface area contributed by atoms with Crippen molar-refractivity contribution in [2.45, 2.75) is 45.1 Å². The van der Waals surface area contributed by atoms with Gasteiger partial charge in [-0.2, -0.15) is 13.2 Å². The van der Waals surface area contributed by atoms with Crippen molar-refractivity contribution >= 4 is 14.3 Å². The van der Waals surface area contributed by atoms with E-state index in [1.165, 1.54) is 24.3 Å². The van der Waals surface area contributed by atoms with E-state index in [9.17, 15) is 23.1 Å². The molecule has 2 rings (SSSR count). The number of hydrogen-bond donors (Lipinski definition) is 1. The van der Waals surface area contributed by atoms with Gasteiger partial charge in [-0.15, -0.1) is 0 Å². The van der Waals surface area contributed by atoms with E-state index in [0.717, 1.165) is 12.1 Å². The number of benzene rings is 2. The lowest BCUT2D eigenvalue weighted by Crippen LogP contribution is -2.44. The summed E-state index contributed by atoms with van der Waals surface area (Å²) in [5.41, 5.74) is -0.152. The van der Waals surface area contributed by atoms with Crippen LogP contribution < -0.4 is 4.43 Å². The third-order valence-corrected chi connectivity index (χ3v) is 9.25. The normalized spacial score (nSPS) is 12.7. The van der Waals surface area contributed by atoms with Crippen LogP contribution >= 0.6 is 0 Å². The number of carbonyl (C=O) groups is 1. The Bertz CT molecular complexity index is 852. The topological polar surface area (TPSA) is 46.5 Å². The smallest absolute Gasteiger partial charge is 0.416 e. The van der Waals surface area contributed by atoms with Gasteiger partial charge in [0.15, 0.2) is 0 Å². The number of alkyl halides is 3. The van der Waals surface area contributed by atoms with E-state index in [1.807, 2.05) is 33.9 Å². The lowest BCUT2D eigenvalue weighted by atomic mass is 10.0. The number of aromatic carboxylic acids is 1. The van der Waals surface area contributed by atoms with Gasteiger partial charge < -0.3 is 9.53 Å². The molecule has 0 aliphatic heterocycles. The number of halogens is 3. The molecule has 0 fully saturated rings. The summed E-state index contributed by atoms with van der Waals surface area (Å²) in [5, 5.41) is 9.45. The standard InChI is InChI=1S/C20H23F3O3Si/c1-19(2,3)27(4,5)26-17-10-9-14(12-16(17)18(24)25)13-7-6-8-15(11-13)20(21,22)23/h6-12H,1-5H3,(H,24,25). The van der Waals surface area contributed by atoms with Crippen LogP contribution in [0.1, 0.15) is 36.7 Å². The van der Waals surface area contributed by atoms with E-state index < -0.39 is 26.0 Å². The van der Waals surface area contributed by atoms with Crippen molar-refractivity contribution < 1.29 is 27.5 Å². The SMILES string of the molecule is CC(C)(C)[Si](C)(C)Oc1ccc(-c2cccc(C(F)(F)F)c2)cc1C(=O)O. The largest absolute Gasteiger partial charge is 0.543 e. The van der Waals surface area contributed by atoms with Crippen molar-refractivity contribution in [2.24, 2.45) is 0 Å². The number of carboxylic acids is 1. The highest BCUT2D eigenvalue weighted by molar-refractivity contribution is 6.74. The number of rotatable bonds is 4. The number of hydrogen-bond acceptors (Lipinski definition) is 2. The Balaban J connectivity index is 2.49. The minimum Gasteiger partial charge on any atom is -0.543 e. The average Bonchev–Trinajstić information content (AvgIpc) is 2.53. The molecule has 1 N–H and O–H groups in total. The molecule has 0 amide bonds. The molecule has 2 aromatic carbocycles. The highest BCUT2D eigenvalue weighted by Gasteiger charge is 2.39. The maximum absolute atomic E-state index is 12.9. The second-order valence-electron chi connectivity index (χ2n) is 7.96. The predicted octanol–water partition coefficient (Wildman–Crippen LogP) is 6.45. The molecule has 0 spiro atoms. The lowest BCUT2D eigenvalue weighted by molar-refractivity contribution is -0.137. The van der Waals surface area contributed by atoms with Gasteiger partial charge in [0.2, 0.25) is 0 Å². The van der Waals surface area contributed by atoms with Crippen molar-refractivity contribution in [1.29, 1.82) is 0 Å². The van der Waals surface area contributed by atoms with Crippen LogP contribution in [-0.2, 0) is 6.18 Å². The fraction of sp³-hybridized carbons (Fsp3) is 0.350. The van der Waals surface area contributed by atoms with Gasteiger partial charge in [-0.05, 0) is 53.5 Å². The third-order valence-electron chi connectivity index (χ3n) is 4.90. The summed E-state index contributed by atoms with van der Waals surface area (Å²) in [6.07, 6.45) is -4.46. The summed E-state index contributed by atoms with van der Waals surface area (Å²) >= 11 is 0. The van der Waals surface area contributed by atoms with Crippen molar-refractivity contribution in [1.82, 2.24) is 0 Å². The molecular formula is C20H23F3O3Si. The summed E-state index contributed by atoms with van der Waals surface area (Å²) in [6, 6.07) is 9.29. The molecular weight excluding hydrogens is 373 g/mol. The van der Waals surface area contributed by atoms with E-state index in [0.29, 0.717) is 11.1 Å². The van der Waals surface area contributed by atoms with Gasteiger partial charge in [0.25, 0.3) is 8.32 Å². The molecule has 0 heterocycles. The first-order valence-electron chi connectivity index (χ1n) is 8.46. The molecule has 0 saturated heterocycles. The first-order chi connectivity index (χ1) is 12.2. The Morgan fingerprint density at radius 2 is 1.59 bits per heavy atom. The van der Waals surface area contributed by atoms with Crippen molar-refractivity contribution in [3.63, 3.8) is 0 Å². The van der Waals surface area contributed by atoms with Crippen molar-refractivity contribution in [3.05, 3.63) is 53.6 Å². The maximum atomic E-state index is 12.9. The van der Waals surface area contributed by atoms with Gasteiger partial charge in [0.1, 0.15) is 11.3 Å². The molecule has 7 heteroatoms. The van der Waals surface area contributed by atoms with Crippen LogP contribution in [0.2, 0.25) is 18.1 Å². The van der Waals surface area contributed by atoms with Gasteiger partial charge in [0, 0.05) is 0 Å². The second kappa shape index (κ2) is 7.03. The fourth-order valence-corrected chi connectivity index (χ4v) is 3.30. The molecule has 27 heavy (non-hydrogen) atoms. The quantitative estimate of drug-likeness (QED) is 0.604. The van der Waals surface area contributed by atoms with E-state index in [-0.39, 0.29) is 16.4 Å². The van der Waals surface area contributed by atoms with Crippen LogP contribution in [0.4, 0.5) is 13.2 Å². The molecule has 0 aliphatic carbocycles. The van der Waals surface area contributed by atoms with Gasteiger partial charge in [-0.25, -0.2) is 4.79 Å². The van der Waals surface area contributed by atoms with E-state index >= 15 is 0 Å². The molecule has 2 aromatic rings. The average molecular weight is 396 g/mol. The van der Waals surface area contributed by atoms with Crippen molar-refractivity contribution in [3.8, 4) is 16.9 Å². The molecule has 0 bridgehead atoms.